The molecule has 0 atom stereocenters. The van der Waals surface area contributed by atoms with Crippen molar-refractivity contribution in [2.45, 2.75) is 19.9 Å². The maximum absolute atomic E-state index is 12.4. The van der Waals surface area contributed by atoms with E-state index in [1.54, 1.807) is 28.9 Å². The number of nitrogens with zero attached hydrogens (tertiary/aromatic N) is 2. The molecular weight excluding hydrogens is 271 g/mol. The van der Waals surface area contributed by atoms with Crippen molar-refractivity contribution in [3.63, 3.8) is 0 Å². The van der Waals surface area contributed by atoms with E-state index in [0.29, 0.717) is 21.3 Å². The third-order valence-electron chi connectivity index (χ3n) is 2.54. The summed E-state index contributed by atoms with van der Waals surface area (Å²) in [5, 5.41) is 4.99. The first-order valence-corrected chi connectivity index (χ1v) is 6.29. The largest absolute Gasteiger partial charge is 0.287 e. The van der Waals surface area contributed by atoms with Crippen molar-refractivity contribution in [3.8, 4) is 0 Å². The van der Waals surface area contributed by atoms with Crippen molar-refractivity contribution >= 4 is 29.0 Å². The van der Waals surface area contributed by atoms with Crippen LogP contribution in [-0.2, 0) is 0 Å². The van der Waals surface area contributed by atoms with Crippen LogP contribution < -0.4 is 0 Å². The van der Waals surface area contributed by atoms with Crippen LogP contribution in [0.1, 0.15) is 35.9 Å². The van der Waals surface area contributed by atoms with Gasteiger partial charge in [0.1, 0.15) is 5.69 Å². The SMILES string of the molecule is CC(C)n1ncc(Cl)c1C(=O)c1cccc(Cl)c1. The Morgan fingerprint density at radius 1 is 1.33 bits per heavy atom. The second kappa shape index (κ2) is 5.12. The van der Waals surface area contributed by atoms with E-state index in [4.69, 9.17) is 23.2 Å². The monoisotopic (exact) mass is 282 g/mol. The summed E-state index contributed by atoms with van der Waals surface area (Å²) in [6.07, 6.45) is 1.49. The van der Waals surface area contributed by atoms with Gasteiger partial charge in [0.2, 0.25) is 5.78 Å². The summed E-state index contributed by atoms with van der Waals surface area (Å²) in [5.74, 6) is -0.172. The van der Waals surface area contributed by atoms with E-state index < -0.39 is 0 Å². The molecule has 18 heavy (non-hydrogen) atoms. The number of benzene rings is 1. The van der Waals surface area contributed by atoms with E-state index >= 15 is 0 Å². The predicted octanol–water partition coefficient (Wildman–Crippen LogP) is 4.00. The second-order valence-electron chi connectivity index (χ2n) is 4.22. The highest BCUT2D eigenvalue weighted by molar-refractivity contribution is 6.35. The molecule has 3 nitrogen and oxygen atoms in total. The fourth-order valence-electron chi connectivity index (χ4n) is 1.71. The molecule has 2 rings (SSSR count). The minimum Gasteiger partial charge on any atom is -0.287 e. The number of halogens is 2. The minimum absolute atomic E-state index is 0.0654. The summed E-state index contributed by atoms with van der Waals surface area (Å²) in [5.41, 5.74) is 0.903. The van der Waals surface area contributed by atoms with Crippen molar-refractivity contribution in [3.05, 3.63) is 51.8 Å². The molecule has 94 valence electrons. The zero-order valence-corrected chi connectivity index (χ0v) is 11.5. The fraction of sp³-hybridized carbons (Fsp3) is 0.231. The van der Waals surface area contributed by atoms with Crippen LogP contribution in [0.3, 0.4) is 0 Å². The molecule has 0 unspecified atom stereocenters. The summed E-state index contributed by atoms with van der Waals surface area (Å²) >= 11 is 11.9. The number of ketones is 1. The number of rotatable bonds is 3. The molecule has 0 fully saturated rings. The Morgan fingerprint density at radius 3 is 2.67 bits per heavy atom. The van der Waals surface area contributed by atoms with Gasteiger partial charge in [-0.1, -0.05) is 35.3 Å². The zero-order valence-electron chi connectivity index (χ0n) is 10.0. The molecule has 0 aliphatic heterocycles. The number of carbonyl (C=O) groups is 1. The number of hydrogen-bond acceptors (Lipinski definition) is 2. The Kier molecular flexibility index (Phi) is 3.73. The maximum atomic E-state index is 12.4. The third kappa shape index (κ3) is 2.42. The first-order valence-electron chi connectivity index (χ1n) is 5.54. The van der Waals surface area contributed by atoms with Crippen LogP contribution in [0, 0.1) is 0 Å². The van der Waals surface area contributed by atoms with Gasteiger partial charge in [-0.25, -0.2) is 0 Å². The van der Waals surface area contributed by atoms with Gasteiger partial charge >= 0.3 is 0 Å². The Labute approximate surface area is 115 Å². The minimum atomic E-state index is -0.172. The molecule has 1 aromatic heterocycles. The van der Waals surface area contributed by atoms with E-state index in [9.17, 15) is 4.79 Å². The molecule has 1 aromatic carbocycles. The number of carbonyl (C=O) groups excluding carboxylic acids is 1. The van der Waals surface area contributed by atoms with Crippen molar-refractivity contribution in [2.75, 3.05) is 0 Å². The Hall–Kier alpha value is -1.32. The first-order chi connectivity index (χ1) is 8.50. The van der Waals surface area contributed by atoms with Crippen molar-refractivity contribution in [2.24, 2.45) is 0 Å². The molecule has 0 amide bonds. The van der Waals surface area contributed by atoms with Gasteiger partial charge in [0.15, 0.2) is 0 Å². The topological polar surface area (TPSA) is 34.9 Å². The third-order valence-corrected chi connectivity index (χ3v) is 3.05. The predicted molar refractivity (Wildman–Crippen MR) is 72.5 cm³/mol. The molecule has 5 heteroatoms. The summed E-state index contributed by atoms with van der Waals surface area (Å²) in [4.78, 5) is 12.4. The van der Waals surface area contributed by atoms with Crippen molar-refractivity contribution in [1.29, 1.82) is 0 Å². The highest BCUT2D eigenvalue weighted by Gasteiger charge is 2.20. The summed E-state index contributed by atoms with van der Waals surface area (Å²) < 4.78 is 1.62. The van der Waals surface area contributed by atoms with Crippen LogP contribution >= 0.6 is 23.2 Å². The molecule has 0 radical (unpaired) electrons. The van der Waals surface area contributed by atoms with Crippen LogP contribution in [0.25, 0.3) is 0 Å². The Balaban J connectivity index is 2.49. The van der Waals surface area contributed by atoms with Gasteiger partial charge in [0, 0.05) is 16.6 Å². The van der Waals surface area contributed by atoms with Gasteiger partial charge in [0.05, 0.1) is 11.2 Å². The van der Waals surface area contributed by atoms with Crippen LogP contribution in [-0.4, -0.2) is 15.6 Å². The quantitative estimate of drug-likeness (QED) is 0.798. The lowest BCUT2D eigenvalue weighted by Crippen LogP contribution is -2.13. The van der Waals surface area contributed by atoms with Crippen LogP contribution in [0.4, 0.5) is 0 Å². The van der Waals surface area contributed by atoms with Crippen molar-refractivity contribution in [1.82, 2.24) is 9.78 Å². The molecule has 0 saturated carbocycles. The molecule has 0 bridgehead atoms. The van der Waals surface area contributed by atoms with E-state index in [-0.39, 0.29) is 11.8 Å². The smallest absolute Gasteiger partial charge is 0.212 e. The van der Waals surface area contributed by atoms with Gasteiger partial charge < -0.3 is 0 Å². The summed E-state index contributed by atoms with van der Waals surface area (Å²) in [6.45, 7) is 3.89. The average molecular weight is 283 g/mol. The molecule has 0 saturated heterocycles. The van der Waals surface area contributed by atoms with Gasteiger partial charge in [-0.15, -0.1) is 0 Å². The Morgan fingerprint density at radius 2 is 2.06 bits per heavy atom. The normalized spacial score (nSPS) is 10.9. The molecule has 0 aliphatic rings. The van der Waals surface area contributed by atoms with Crippen LogP contribution in [0.15, 0.2) is 30.5 Å². The van der Waals surface area contributed by atoms with Gasteiger partial charge in [-0.2, -0.15) is 5.10 Å². The lowest BCUT2D eigenvalue weighted by molar-refractivity contribution is 0.102. The van der Waals surface area contributed by atoms with E-state index in [1.807, 2.05) is 13.8 Å². The lowest BCUT2D eigenvalue weighted by Gasteiger charge is -2.10. The van der Waals surface area contributed by atoms with Gasteiger partial charge in [-0.3, -0.25) is 9.48 Å². The van der Waals surface area contributed by atoms with Crippen LogP contribution in [0.2, 0.25) is 10.0 Å². The standard InChI is InChI=1S/C13H12Cl2N2O/c1-8(2)17-12(11(15)7-16-17)13(18)9-4-3-5-10(14)6-9/h3-8H,1-2H3. The molecule has 0 aliphatic carbocycles. The second-order valence-corrected chi connectivity index (χ2v) is 5.06. The molecule has 2 aromatic rings. The molecule has 0 spiro atoms. The molecular formula is C13H12Cl2N2O. The van der Waals surface area contributed by atoms with E-state index in [1.165, 1.54) is 6.20 Å². The molecule has 0 N–H and O–H groups in total. The summed E-state index contributed by atoms with van der Waals surface area (Å²) in [6, 6.07) is 6.86. The van der Waals surface area contributed by atoms with E-state index in [2.05, 4.69) is 5.10 Å². The summed E-state index contributed by atoms with van der Waals surface area (Å²) in [7, 11) is 0. The lowest BCUT2D eigenvalue weighted by atomic mass is 10.1. The van der Waals surface area contributed by atoms with Gasteiger partial charge in [0.25, 0.3) is 0 Å². The van der Waals surface area contributed by atoms with Crippen LogP contribution in [0.5, 0.6) is 0 Å². The fourth-order valence-corrected chi connectivity index (χ4v) is 2.12. The highest BCUT2D eigenvalue weighted by atomic mass is 35.5. The van der Waals surface area contributed by atoms with E-state index in [0.717, 1.165) is 0 Å². The number of hydrogen-bond donors (Lipinski definition) is 0. The average Bonchev–Trinajstić information content (AvgIpc) is 2.70. The number of aromatic nitrogens is 2. The van der Waals surface area contributed by atoms with Gasteiger partial charge in [-0.05, 0) is 26.0 Å². The van der Waals surface area contributed by atoms with Crippen molar-refractivity contribution < 1.29 is 4.79 Å². The first kappa shape index (κ1) is 13.1. The zero-order chi connectivity index (χ0) is 13.3. The maximum Gasteiger partial charge on any atom is 0.212 e. The molecule has 1 heterocycles. The Bertz CT molecular complexity index is 590. The highest BCUT2D eigenvalue weighted by Crippen LogP contribution is 2.23.